The van der Waals surface area contributed by atoms with E-state index in [1.165, 1.54) is 17.8 Å². The molecule has 3 heterocycles. The van der Waals surface area contributed by atoms with Crippen LogP contribution in [0.15, 0.2) is 54.9 Å². The van der Waals surface area contributed by atoms with E-state index in [-0.39, 0.29) is 5.82 Å². The number of aromatic nitrogens is 2. The number of ether oxygens (including phenoxy) is 1. The number of halogens is 1. The molecule has 3 aromatic rings. The van der Waals surface area contributed by atoms with Crippen molar-refractivity contribution in [3.05, 3.63) is 60.7 Å². The van der Waals surface area contributed by atoms with Crippen LogP contribution in [0.1, 0.15) is 0 Å². The average molecular weight is 464 g/mol. The van der Waals surface area contributed by atoms with Crippen LogP contribution in [-0.4, -0.2) is 69.4 Å². The minimum absolute atomic E-state index is 0.214. The van der Waals surface area contributed by atoms with Crippen LogP contribution in [0.5, 0.6) is 5.75 Å². The molecule has 2 aliphatic rings. The summed E-state index contributed by atoms with van der Waals surface area (Å²) < 4.78 is 18.5. The predicted molar refractivity (Wildman–Crippen MR) is 135 cm³/mol. The van der Waals surface area contributed by atoms with Crippen LogP contribution in [0.4, 0.5) is 33.1 Å². The van der Waals surface area contributed by atoms with E-state index in [4.69, 9.17) is 10.5 Å². The van der Waals surface area contributed by atoms with Crippen LogP contribution in [0.3, 0.4) is 0 Å². The fourth-order valence-electron chi connectivity index (χ4n) is 4.68. The highest BCUT2D eigenvalue weighted by Gasteiger charge is 2.25. The SMILES string of the molecule is COc1ccc(N2CCN(c3ncnc(N4CCN(c5ccc(F)cc5)CC4)c3N)CC2)cc1. The van der Waals surface area contributed by atoms with Crippen molar-refractivity contribution in [3.63, 3.8) is 0 Å². The van der Waals surface area contributed by atoms with Gasteiger partial charge in [0.15, 0.2) is 11.6 Å². The van der Waals surface area contributed by atoms with Gasteiger partial charge < -0.3 is 30.1 Å². The van der Waals surface area contributed by atoms with Gasteiger partial charge in [0, 0.05) is 63.7 Å². The highest BCUT2D eigenvalue weighted by molar-refractivity contribution is 5.76. The molecule has 2 saturated heterocycles. The molecule has 1 aromatic heterocycles. The number of rotatable bonds is 5. The van der Waals surface area contributed by atoms with Gasteiger partial charge in [-0.1, -0.05) is 0 Å². The summed E-state index contributed by atoms with van der Waals surface area (Å²) in [6, 6.07) is 14.8. The number of nitrogens with zero attached hydrogens (tertiary/aromatic N) is 6. The fourth-order valence-corrected chi connectivity index (χ4v) is 4.68. The van der Waals surface area contributed by atoms with E-state index in [2.05, 4.69) is 41.7 Å². The predicted octanol–water partition coefficient (Wildman–Crippen LogP) is 2.86. The first-order valence-corrected chi connectivity index (χ1v) is 11.6. The molecule has 0 bridgehead atoms. The average Bonchev–Trinajstić information content (AvgIpc) is 2.90. The minimum atomic E-state index is -0.214. The Labute approximate surface area is 199 Å². The first-order valence-electron chi connectivity index (χ1n) is 11.6. The van der Waals surface area contributed by atoms with E-state index in [1.807, 2.05) is 24.3 Å². The Morgan fingerprint density at radius 1 is 0.676 bits per heavy atom. The number of anilines is 5. The van der Waals surface area contributed by atoms with Crippen molar-refractivity contribution >= 4 is 28.7 Å². The normalized spacial score (nSPS) is 16.6. The smallest absolute Gasteiger partial charge is 0.157 e. The Hall–Kier alpha value is -3.75. The second-order valence-corrected chi connectivity index (χ2v) is 8.56. The van der Waals surface area contributed by atoms with Gasteiger partial charge in [-0.15, -0.1) is 0 Å². The molecule has 0 unspecified atom stereocenters. The van der Waals surface area contributed by atoms with Crippen molar-refractivity contribution in [2.75, 3.05) is 84.8 Å². The first kappa shape index (κ1) is 22.1. The van der Waals surface area contributed by atoms with Gasteiger partial charge in [0.2, 0.25) is 0 Å². The summed E-state index contributed by atoms with van der Waals surface area (Å²) in [7, 11) is 1.68. The molecule has 9 heteroatoms. The molecule has 2 aliphatic heterocycles. The summed E-state index contributed by atoms with van der Waals surface area (Å²) in [4.78, 5) is 18.1. The molecule has 2 fully saturated rings. The number of hydrogen-bond donors (Lipinski definition) is 1. The van der Waals surface area contributed by atoms with Crippen LogP contribution in [0, 0.1) is 5.82 Å². The Balaban J connectivity index is 1.22. The van der Waals surface area contributed by atoms with Gasteiger partial charge in [-0.3, -0.25) is 0 Å². The van der Waals surface area contributed by atoms with Crippen molar-refractivity contribution in [1.29, 1.82) is 0 Å². The van der Waals surface area contributed by atoms with E-state index in [0.29, 0.717) is 5.69 Å². The van der Waals surface area contributed by atoms with Crippen molar-refractivity contribution in [2.45, 2.75) is 0 Å². The summed E-state index contributed by atoms with van der Waals surface area (Å²) in [6.45, 7) is 6.70. The summed E-state index contributed by atoms with van der Waals surface area (Å²) in [5, 5.41) is 0. The number of benzene rings is 2. The van der Waals surface area contributed by atoms with Crippen LogP contribution >= 0.6 is 0 Å². The van der Waals surface area contributed by atoms with E-state index < -0.39 is 0 Å². The quantitative estimate of drug-likeness (QED) is 0.619. The molecule has 0 amide bonds. The number of methoxy groups -OCH3 is 1. The molecule has 2 N–H and O–H groups in total. The van der Waals surface area contributed by atoms with Gasteiger partial charge in [-0.2, -0.15) is 0 Å². The Morgan fingerprint density at radius 2 is 1.09 bits per heavy atom. The first-order chi connectivity index (χ1) is 16.6. The van der Waals surface area contributed by atoms with Gasteiger partial charge in [0.1, 0.15) is 23.6 Å². The summed E-state index contributed by atoms with van der Waals surface area (Å²) in [5.41, 5.74) is 9.45. The monoisotopic (exact) mass is 463 g/mol. The zero-order valence-electron chi connectivity index (χ0n) is 19.4. The molecule has 2 aromatic carbocycles. The van der Waals surface area contributed by atoms with Gasteiger partial charge in [-0.05, 0) is 48.5 Å². The van der Waals surface area contributed by atoms with Crippen LogP contribution in [0.2, 0.25) is 0 Å². The summed E-state index contributed by atoms with van der Waals surface area (Å²) >= 11 is 0. The second kappa shape index (κ2) is 9.62. The molecule has 8 nitrogen and oxygen atoms in total. The molecular formula is C25H30FN7O. The Morgan fingerprint density at radius 3 is 1.53 bits per heavy atom. The molecule has 5 rings (SSSR count). The number of hydrogen-bond acceptors (Lipinski definition) is 8. The lowest BCUT2D eigenvalue weighted by molar-refractivity contribution is 0.415. The van der Waals surface area contributed by atoms with Crippen LogP contribution in [-0.2, 0) is 0 Å². The van der Waals surface area contributed by atoms with Gasteiger partial charge >= 0.3 is 0 Å². The topological polar surface area (TPSA) is 74.0 Å². The van der Waals surface area contributed by atoms with Crippen LogP contribution < -0.4 is 30.1 Å². The molecular weight excluding hydrogens is 433 g/mol. The van der Waals surface area contributed by atoms with Crippen molar-refractivity contribution in [3.8, 4) is 5.75 Å². The van der Waals surface area contributed by atoms with Gasteiger partial charge in [0.05, 0.1) is 7.11 Å². The van der Waals surface area contributed by atoms with E-state index >= 15 is 0 Å². The van der Waals surface area contributed by atoms with Gasteiger partial charge in [0.25, 0.3) is 0 Å². The largest absolute Gasteiger partial charge is 0.497 e. The number of nitrogens with two attached hydrogens (primary N) is 1. The lowest BCUT2D eigenvalue weighted by Gasteiger charge is -2.39. The molecule has 34 heavy (non-hydrogen) atoms. The molecule has 0 radical (unpaired) electrons. The maximum Gasteiger partial charge on any atom is 0.157 e. The van der Waals surface area contributed by atoms with Crippen LogP contribution in [0.25, 0.3) is 0 Å². The molecule has 0 saturated carbocycles. The minimum Gasteiger partial charge on any atom is -0.497 e. The third kappa shape index (κ3) is 4.50. The molecule has 0 aliphatic carbocycles. The van der Waals surface area contributed by atoms with E-state index in [1.54, 1.807) is 13.4 Å². The maximum absolute atomic E-state index is 13.2. The lowest BCUT2D eigenvalue weighted by Crippen LogP contribution is -2.48. The molecule has 0 atom stereocenters. The molecule has 178 valence electrons. The highest BCUT2D eigenvalue weighted by atomic mass is 19.1. The molecule has 0 spiro atoms. The standard InChI is InChI=1S/C25H30FN7O/c1-34-22-8-6-21(7-9-22)31-12-16-33(17-13-31)25-23(27)24(28-18-29-25)32-14-10-30(11-15-32)20-4-2-19(26)3-5-20/h2-9,18H,10-17,27H2,1H3. The summed E-state index contributed by atoms with van der Waals surface area (Å²) in [5.74, 6) is 2.25. The van der Waals surface area contributed by atoms with Crippen molar-refractivity contribution < 1.29 is 9.13 Å². The number of piperazine rings is 2. The third-order valence-electron chi connectivity index (χ3n) is 6.63. The Kier molecular flexibility index (Phi) is 6.24. The van der Waals surface area contributed by atoms with E-state index in [0.717, 1.165) is 75.4 Å². The van der Waals surface area contributed by atoms with Crippen molar-refractivity contribution in [1.82, 2.24) is 9.97 Å². The zero-order valence-corrected chi connectivity index (χ0v) is 19.4. The summed E-state index contributed by atoms with van der Waals surface area (Å²) in [6.07, 6.45) is 1.61. The van der Waals surface area contributed by atoms with Crippen molar-refractivity contribution in [2.24, 2.45) is 0 Å². The van der Waals surface area contributed by atoms with Gasteiger partial charge in [-0.25, -0.2) is 14.4 Å². The highest BCUT2D eigenvalue weighted by Crippen LogP contribution is 2.31. The number of nitrogen functional groups attached to an aromatic ring is 1. The van der Waals surface area contributed by atoms with E-state index in [9.17, 15) is 4.39 Å². The third-order valence-corrected chi connectivity index (χ3v) is 6.63. The maximum atomic E-state index is 13.2. The second-order valence-electron chi connectivity index (χ2n) is 8.56. The lowest BCUT2D eigenvalue weighted by atomic mass is 10.2. The Bertz CT molecular complexity index is 1090. The fraction of sp³-hybridized carbons (Fsp3) is 0.360. The zero-order chi connectivity index (χ0) is 23.5.